The molecule has 0 spiro atoms. The molecule has 21 heavy (non-hydrogen) atoms. The van der Waals surface area contributed by atoms with Crippen LogP contribution >= 0.6 is 15.9 Å². The second-order valence-electron chi connectivity index (χ2n) is 5.29. The van der Waals surface area contributed by atoms with Crippen molar-refractivity contribution in [3.63, 3.8) is 0 Å². The van der Waals surface area contributed by atoms with Gasteiger partial charge in [0.25, 0.3) is 0 Å². The number of hydrogen-bond acceptors (Lipinski definition) is 4. The molecule has 2 N–H and O–H groups in total. The fourth-order valence-corrected chi connectivity index (χ4v) is 2.98. The van der Waals surface area contributed by atoms with Crippen molar-refractivity contribution < 1.29 is 9.84 Å². The van der Waals surface area contributed by atoms with Gasteiger partial charge in [0, 0.05) is 24.2 Å². The maximum absolute atomic E-state index is 9.76. The molecule has 4 nitrogen and oxygen atoms in total. The topological polar surface area (TPSA) is 44.7 Å². The van der Waals surface area contributed by atoms with Crippen LogP contribution in [0.15, 0.2) is 28.7 Å². The zero-order chi connectivity index (χ0) is 15.7. The second-order valence-corrected chi connectivity index (χ2v) is 6.15. The van der Waals surface area contributed by atoms with Crippen molar-refractivity contribution in [3.05, 3.63) is 34.3 Å². The third kappa shape index (κ3) is 6.89. The normalized spacial score (nSPS) is 14.4. The molecule has 0 saturated carbocycles. The van der Waals surface area contributed by atoms with E-state index in [0.29, 0.717) is 19.2 Å². The van der Waals surface area contributed by atoms with Gasteiger partial charge in [0.2, 0.25) is 0 Å². The number of hydrogen-bond donors (Lipinski definition) is 2. The number of rotatable bonds is 10. The Morgan fingerprint density at radius 2 is 2.10 bits per heavy atom. The number of aliphatic hydroxyl groups excluding tert-OH is 1. The van der Waals surface area contributed by atoms with E-state index in [-0.39, 0.29) is 0 Å². The van der Waals surface area contributed by atoms with E-state index in [1.54, 1.807) is 7.11 Å². The number of aliphatic hydroxyl groups is 1. The highest BCUT2D eigenvalue weighted by atomic mass is 79.9. The maximum Gasteiger partial charge on any atom is 0.0899 e. The number of ether oxygens (including phenoxy) is 1. The molecule has 0 heterocycles. The van der Waals surface area contributed by atoms with Gasteiger partial charge >= 0.3 is 0 Å². The minimum absolute atomic E-state index is 0.313. The lowest BCUT2D eigenvalue weighted by molar-refractivity contribution is 0.0426. The van der Waals surface area contributed by atoms with Crippen molar-refractivity contribution in [3.8, 4) is 0 Å². The summed E-state index contributed by atoms with van der Waals surface area (Å²) < 4.78 is 6.10. The van der Waals surface area contributed by atoms with Crippen LogP contribution in [0.4, 0.5) is 0 Å². The molecule has 2 unspecified atom stereocenters. The van der Waals surface area contributed by atoms with Gasteiger partial charge in [-0.3, -0.25) is 0 Å². The first kappa shape index (κ1) is 18.6. The lowest BCUT2D eigenvalue weighted by Crippen LogP contribution is -2.34. The molecule has 0 aliphatic heterocycles. The largest absolute Gasteiger partial charge is 0.389 e. The average Bonchev–Trinajstić information content (AvgIpc) is 2.44. The molecular weight excluding hydrogens is 332 g/mol. The second kappa shape index (κ2) is 10.3. The van der Waals surface area contributed by atoms with Crippen molar-refractivity contribution in [2.45, 2.75) is 25.5 Å². The van der Waals surface area contributed by atoms with E-state index < -0.39 is 6.10 Å². The fraction of sp³-hybridized carbons (Fsp3) is 0.625. The number of halogens is 1. The van der Waals surface area contributed by atoms with Gasteiger partial charge in [-0.25, -0.2) is 0 Å². The Labute approximate surface area is 136 Å². The van der Waals surface area contributed by atoms with Gasteiger partial charge in [-0.1, -0.05) is 41.1 Å². The predicted octanol–water partition coefficient (Wildman–Crippen LogP) is 2.43. The highest BCUT2D eigenvalue weighted by Gasteiger charge is 2.15. The first-order valence-electron chi connectivity index (χ1n) is 7.41. The highest BCUT2D eigenvalue weighted by molar-refractivity contribution is 9.10. The van der Waals surface area contributed by atoms with E-state index in [1.165, 1.54) is 5.56 Å². The Balaban J connectivity index is 2.54. The van der Waals surface area contributed by atoms with E-state index in [0.717, 1.165) is 24.0 Å². The first-order valence-corrected chi connectivity index (χ1v) is 8.21. The SMILES string of the molecule is CCNC(CCN(C)CC(O)COC)c1ccccc1Br. The minimum atomic E-state index is -0.430. The van der Waals surface area contributed by atoms with Crippen LogP contribution in [0.25, 0.3) is 0 Å². The summed E-state index contributed by atoms with van der Waals surface area (Å²) in [5, 5.41) is 13.3. The minimum Gasteiger partial charge on any atom is -0.389 e. The summed E-state index contributed by atoms with van der Waals surface area (Å²) >= 11 is 3.62. The molecule has 0 aliphatic rings. The van der Waals surface area contributed by atoms with Gasteiger partial charge in [-0.2, -0.15) is 0 Å². The molecule has 1 rings (SSSR count). The van der Waals surface area contributed by atoms with Crippen LogP contribution in [0.3, 0.4) is 0 Å². The first-order chi connectivity index (χ1) is 10.1. The molecule has 5 heteroatoms. The monoisotopic (exact) mass is 358 g/mol. The molecule has 0 fully saturated rings. The lowest BCUT2D eigenvalue weighted by Gasteiger charge is -2.25. The van der Waals surface area contributed by atoms with Crippen molar-refractivity contribution >= 4 is 15.9 Å². The third-order valence-electron chi connectivity index (χ3n) is 3.41. The van der Waals surface area contributed by atoms with Crippen LogP contribution < -0.4 is 5.32 Å². The molecule has 120 valence electrons. The molecule has 0 bridgehead atoms. The van der Waals surface area contributed by atoms with E-state index in [9.17, 15) is 5.11 Å². The quantitative estimate of drug-likeness (QED) is 0.674. The number of nitrogens with one attached hydrogen (secondary N) is 1. The molecule has 0 aromatic heterocycles. The third-order valence-corrected chi connectivity index (χ3v) is 4.13. The van der Waals surface area contributed by atoms with Crippen molar-refractivity contribution in [1.82, 2.24) is 10.2 Å². The molecule has 1 aromatic rings. The van der Waals surface area contributed by atoms with Gasteiger partial charge in [0.05, 0.1) is 12.7 Å². The average molecular weight is 359 g/mol. The van der Waals surface area contributed by atoms with Crippen LogP contribution in [0.5, 0.6) is 0 Å². The predicted molar refractivity (Wildman–Crippen MR) is 90.6 cm³/mol. The fourth-order valence-electron chi connectivity index (χ4n) is 2.42. The van der Waals surface area contributed by atoms with Gasteiger partial charge < -0.3 is 20.1 Å². The molecule has 0 saturated heterocycles. The van der Waals surface area contributed by atoms with Crippen LogP contribution in [0.2, 0.25) is 0 Å². The molecular formula is C16H27BrN2O2. The van der Waals surface area contributed by atoms with Crippen LogP contribution in [-0.2, 0) is 4.74 Å². The number of benzene rings is 1. The van der Waals surface area contributed by atoms with Crippen LogP contribution in [0, 0.1) is 0 Å². The van der Waals surface area contributed by atoms with E-state index in [2.05, 4.69) is 51.3 Å². The molecule has 0 radical (unpaired) electrons. The van der Waals surface area contributed by atoms with Crippen molar-refractivity contribution in [2.24, 2.45) is 0 Å². The van der Waals surface area contributed by atoms with Gasteiger partial charge in [-0.05, 0) is 38.2 Å². The summed E-state index contributed by atoms with van der Waals surface area (Å²) in [7, 11) is 3.64. The van der Waals surface area contributed by atoms with E-state index >= 15 is 0 Å². The molecule has 1 aromatic carbocycles. The van der Waals surface area contributed by atoms with Crippen LogP contribution in [-0.4, -0.2) is 56.5 Å². The zero-order valence-electron chi connectivity index (χ0n) is 13.2. The summed E-state index contributed by atoms with van der Waals surface area (Å²) in [5.41, 5.74) is 1.28. The maximum atomic E-state index is 9.76. The molecule has 2 atom stereocenters. The molecule has 0 amide bonds. The summed E-state index contributed by atoms with van der Waals surface area (Å²) in [5.74, 6) is 0. The Morgan fingerprint density at radius 1 is 1.38 bits per heavy atom. The van der Waals surface area contributed by atoms with Gasteiger partial charge in [0.15, 0.2) is 0 Å². The number of nitrogens with zero attached hydrogens (tertiary/aromatic N) is 1. The Kier molecular flexibility index (Phi) is 9.11. The van der Waals surface area contributed by atoms with Gasteiger partial charge in [-0.15, -0.1) is 0 Å². The summed E-state index contributed by atoms with van der Waals surface area (Å²) in [6.07, 6.45) is 0.563. The van der Waals surface area contributed by atoms with Crippen LogP contribution in [0.1, 0.15) is 24.9 Å². The van der Waals surface area contributed by atoms with Crippen molar-refractivity contribution in [2.75, 3.05) is 40.4 Å². The van der Waals surface area contributed by atoms with Crippen molar-refractivity contribution in [1.29, 1.82) is 0 Å². The molecule has 0 aliphatic carbocycles. The zero-order valence-corrected chi connectivity index (χ0v) is 14.8. The summed E-state index contributed by atoms with van der Waals surface area (Å²) in [4.78, 5) is 2.14. The Morgan fingerprint density at radius 3 is 2.71 bits per heavy atom. The number of likely N-dealkylation sites (N-methyl/N-ethyl adjacent to an activating group) is 1. The lowest BCUT2D eigenvalue weighted by atomic mass is 10.0. The van der Waals surface area contributed by atoms with E-state index in [4.69, 9.17) is 4.74 Å². The summed E-state index contributed by atoms with van der Waals surface area (Å²) in [6, 6.07) is 8.64. The number of methoxy groups -OCH3 is 1. The standard InChI is InChI=1S/C16H27BrN2O2/c1-4-18-16(14-7-5-6-8-15(14)17)9-10-19(2)11-13(20)12-21-3/h5-8,13,16,18,20H,4,9-12H2,1-3H3. The highest BCUT2D eigenvalue weighted by Crippen LogP contribution is 2.25. The Hall–Kier alpha value is -0.460. The smallest absolute Gasteiger partial charge is 0.0899 e. The van der Waals surface area contributed by atoms with E-state index in [1.807, 2.05) is 13.1 Å². The van der Waals surface area contributed by atoms with Gasteiger partial charge in [0.1, 0.15) is 0 Å². The summed E-state index contributed by atoms with van der Waals surface area (Å²) in [6.45, 7) is 4.98. The Bertz CT molecular complexity index is 404.